The van der Waals surface area contributed by atoms with Crippen LogP contribution in [0.4, 0.5) is 0 Å². The highest BCUT2D eigenvalue weighted by Crippen LogP contribution is 2.78. The topological polar surface area (TPSA) is 119 Å². The van der Waals surface area contributed by atoms with E-state index in [-0.39, 0.29) is 17.9 Å². The molecule has 1 heterocycles. The quantitative estimate of drug-likeness (QED) is 0.0582. The summed E-state index contributed by atoms with van der Waals surface area (Å²) in [6.45, 7) is 21.3. The van der Waals surface area contributed by atoms with Crippen LogP contribution in [0.3, 0.4) is 0 Å². The normalized spacial score (nSPS) is 15.6. The first kappa shape index (κ1) is 44.0. The first-order valence-corrected chi connectivity index (χ1v) is 24.2. The minimum atomic E-state index is -4.34. The Morgan fingerprint density at radius 1 is 0.429 bits per heavy atom. The van der Waals surface area contributed by atoms with Gasteiger partial charge in [0, 0.05) is 0 Å². The summed E-state index contributed by atoms with van der Waals surface area (Å²) in [5, 5.41) is 0. The van der Waals surface area contributed by atoms with Crippen LogP contribution >= 0.6 is 23.0 Å². The van der Waals surface area contributed by atoms with E-state index in [1.807, 2.05) is 60.7 Å². The third-order valence-electron chi connectivity index (χ3n) is 8.98. The highest BCUT2D eigenvalue weighted by molar-refractivity contribution is 7.79. The predicted molar refractivity (Wildman–Crippen MR) is 257 cm³/mol. The van der Waals surface area contributed by atoms with Crippen molar-refractivity contribution in [2.45, 2.75) is 6.92 Å². The van der Waals surface area contributed by atoms with Gasteiger partial charge in [-0.1, -0.05) is 150 Å². The molecular formula is C49H44N3O8P3. The highest BCUT2D eigenvalue weighted by atomic mass is 31.3. The lowest BCUT2D eigenvalue weighted by molar-refractivity contribution is 0.0524. The van der Waals surface area contributed by atoms with Gasteiger partial charge in [0.25, 0.3) is 0 Å². The number of rotatable bonds is 19. The van der Waals surface area contributed by atoms with Crippen molar-refractivity contribution >= 4 is 59.3 Å². The van der Waals surface area contributed by atoms with Gasteiger partial charge in [0.1, 0.15) is 40.1 Å². The Hall–Kier alpha value is -7.02. The molecule has 0 aliphatic carbocycles. The second-order valence-corrected chi connectivity index (χ2v) is 19.6. The Balaban J connectivity index is 1.60. The second kappa shape index (κ2) is 19.8. The zero-order valence-electron chi connectivity index (χ0n) is 34.4. The Morgan fingerprint density at radius 3 is 0.968 bits per heavy atom. The number of hydrogen-bond donors (Lipinski definition) is 0. The molecule has 0 saturated heterocycles. The van der Waals surface area contributed by atoms with Crippen molar-refractivity contribution in [3.05, 3.63) is 212 Å². The van der Waals surface area contributed by atoms with Crippen LogP contribution in [0.2, 0.25) is 0 Å². The molecule has 1 unspecified atom stereocenters. The minimum absolute atomic E-state index is 0.0499. The van der Waals surface area contributed by atoms with Gasteiger partial charge in [-0.3, -0.25) is 0 Å². The van der Waals surface area contributed by atoms with Gasteiger partial charge in [0.15, 0.2) is 0 Å². The summed E-state index contributed by atoms with van der Waals surface area (Å²) >= 11 is 0. The number of para-hydroxylation sites is 1. The fraction of sp³-hybridized carbons (Fsp3) is 0.0408. The van der Waals surface area contributed by atoms with Gasteiger partial charge in [-0.2, -0.15) is 0 Å². The van der Waals surface area contributed by atoms with Crippen LogP contribution in [0, 0.1) is 0 Å². The molecule has 6 aromatic carbocycles. The van der Waals surface area contributed by atoms with Crippen molar-refractivity contribution in [1.82, 2.24) is 0 Å². The average Bonchev–Trinajstić information content (AvgIpc) is 3.30. The summed E-state index contributed by atoms with van der Waals surface area (Å²) in [7, 11) is -12.8. The SMILES string of the molecule is C=Cc1ccc(OP2(Oc3ccc(C=C)cc3)=NP(Oc3ccc(C=C)cc3)(Oc3ccc(C=C)cc3)=NP(Oc3ccc(C=C)cc3)(Oc3ccccc3C(=O)OCC)=N2)cc1. The predicted octanol–water partition coefficient (Wildman–Crippen LogP) is 15.7. The first-order valence-electron chi connectivity index (χ1n) is 19.6. The molecule has 318 valence electrons. The fourth-order valence-electron chi connectivity index (χ4n) is 5.82. The van der Waals surface area contributed by atoms with Crippen molar-refractivity contribution < 1.29 is 36.7 Å². The van der Waals surface area contributed by atoms with Gasteiger partial charge in [-0.25, -0.2) is 4.79 Å². The molecule has 7 rings (SSSR count). The maximum absolute atomic E-state index is 13.5. The molecule has 11 nitrogen and oxygen atoms in total. The van der Waals surface area contributed by atoms with Gasteiger partial charge in [-0.05, 0) is 108 Å². The summed E-state index contributed by atoms with van der Waals surface area (Å²) in [5.74, 6) is 1.02. The van der Waals surface area contributed by atoms with Gasteiger partial charge < -0.3 is 31.9 Å². The molecule has 1 aliphatic heterocycles. The summed E-state index contributed by atoms with van der Waals surface area (Å²) in [6, 6.07) is 42.3. The van der Waals surface area contributed by atoms with Crippen LogP contribution in [0.15, 0.2) is 192 Å². The highest BCUT2D eigenvalue weighted by Gasteiger charge is 2.49. The fourth-order valence-corrected chi connectivity index (χ4v) is 14.9. The van der Waals surface area contributed by atoms with E-state index in [1.54, 1.807) is 122 Å². The zero-order chi connectivity index (χ0) is 44.3. The minimum Gasteiger partial charge on any atom is -0.462 e. The number of ether oxygens (including phenoxy) is 1. The number of hydrogen-bond acceptors (Lipinski definition) is 11. The third kappa shape index (κ3) is 10.9. The molecule has 0 bridgehead atoms. The second-order valence-electron chi connectivity index (χ2n) is 13.4. The van der Waals surface area contributed by atoms with Gasteiger partial charge >= 0.3 is 28.9 Å². The molecule has 1 atom stereocenters. The molecule has 0 radical (unpaired) electrons. The number of carbonyl (C=O) groups is 1. The van der Waals surface area contributed by atoms with E-state index >= 15 is 0 Å². The monoisotopic (exact) mass is 895 g/mol. The van der Waals surface area contributed by atoms with Crippen LogP contribution in [0.25, 0.3) is 30.4 Å². The van der Waals surface area contributed by atoms with Gasteiger partial charge in [0.2, 0.25) is 0 Å². The standard InChI is InChI=1S/C49H44N3O8P3/c1-7-37-17-27-42(28-18-37)55-61(56-43-29-19-38(8-2)20-30-43)50-62(57-44-31-21-39(9-3)22-32-44,58-45-33-23-40(10-4)24-34-45)52-63(51-61,59-46-35-25-41(11-5)26-36-46)60-48-16-14-13-15-47(48)49(53)54-12-6/h7-11,13-36H,1-5,12H2,6H3. The van der Waals surface area contributed by atoms with Gasteiger partial charge in [0.05, 0.1) is 6.61 Å². The number of esters is 1. The molecule has 0 saturated carbocycles. The lowest BCUT2D eigenvalue weighted by Crippen LogP contribution is -2.12. The van der Waals surface area contributed by atoms with Crippen LogP contribution in [0.1, 0.15) is 45.1 Å². The van der Waals surface area contributed by atoms with Crippen molar-refractivity contribution in [2.75, 3.05) is 6.61 Å². The van der Waals surface area contributed by atoms with E-state index in [0.717, 1.165) is 27.8 Å². The number of nitrogens with zero attached hydrogens (tertiary/aromatic N) is 3. The third-order valence-corrected chi connectivity index (χ3v) is 17.1. The van der Waals surface area contributed by atoms with Crippen LogP contribution in [-0.4, -0.2) is 12.6 Å². The molecular weight excluding hydrogens is 851 g/mol. The smallest absolute Gasteiger partial charge is 0.460 e. The maximum Gasteiger partial charge on any atom is 0.460 e. The molecule has 63 heavy (non-hydrogen) atoms. The first-order chi connectivity index (χ1) is 30.6. The molecule has 1 aliphatic rings. The van der Waals surface area contributed by atoms with E-state index < -0.39 is 28.9 Å². The summed E-state index contributed by atoms with van der Waals surface area (Å²) in [6.07, 6.45) is 8.56. The molecule has 0 fully saturated rings. The van der Waals surface area contributed by atoms with E-state index in [4.69, 9.17) is 45.4 Å². The Labute approximate surface area is 368 Å². The lowest BCUT2D eigenvalue weighted by atomic mass is 10.2. The van der Waals surface area contributed by atoms with E-state index in [9.17, 15) is 4.79 Å². The van der Waals surface area contributed by atoms with Crippen molar-refractivity contribution in [2.24, 2.45) is 13.5 Å². The molecule has 0 aromatic heterocycles. The van der Waals surface area contributed by atoms with Crippen LogP contribution < -0.4 is 27.1 Å². The molecule has 0 N–H and O–H groups in total. The average molecular weight is 896 g/mol. The Bertz CT molecular complexity index is 2600. The van der Waals surface area contributed by atoms with Crippen LogP contribution in [0.5, 0.6) is 34.5 Å². The van der Waals surface area contributed by atoms with Crippen molar-refractivity contribution in [1.29, 1.82) is 0 Å². The largest absolute Gasteiger partial charge is 0.462 e. The summed E-state index contributed by atoms with van der Waals surface area (Å²) in [5.41, 5.74) is 4.29. The van der Waals surface area contributed by atoms with Crippen molar-refractivity contribution in [3.8, 4) is 34.5 Å². The summed E-state index contributed by atoms with van der Waals surface area (Å²) < 4.78 is 62.9. The Kier molecular flexibility index (Phi) is 13.8. The van der Waals surface area contributed by atoms with E-state index in [0.29, 0.717) is 28.7 Å². The molecule has 6 aromatic rings. The van der Waals surface area contributed by atoms with E-state index in [1.165, 1.54) is 0 Å². The van der Waals surface area contributed by atoms with E-state index in [2.05, 4.69) is 32.9 Å². The zero-order valence-corrected chi connectivity index (χ0v) is 37.1. The van der Waals surface area contributed by atoms with Gasteiger partial charge in [-0.15, -0.1) is 0 Å². The Morgan fingerprint density at radius 2 is 0.698 bits per heavy atom. The summed E-state index contributed by atoms with van der Waals surface area (Å²) in [4.78, 5) is 13.5. The van der Waals surface area contributed by atoms with Crippen molar-refractivity contribution in [3.63, 3.8) is 0 Å². The van der Waals surface area contributed by atoms with Crippen LogP contribution in [-0.2, 0) is 4.74 Å². The lowest BCUT2D eigenvalue weighted by Gasteiger charge is -2.33. The molecule has 0 amide bonds. The number of carbonyl (C=O) groups excluding carboxylic acids is 1. The number of benzene rings is 6. The molecule has 0 spiro atoms. The molecule has 14 heteroatoms. The maximum atomic E-state index is 13.5.